The topological polar surface area (TPSA) is 78.9 Å². The molecule has 0 bridgehead atoms. The van der Waals surface area contributed by atoms with E-state index in [1.165, 1.54) is 4.68 Å². The fourth-order valence-corrected chi connectivity index (χ4v) is 4.44. The summed E-state index contributed by atoms with van der Waals surface area (Å²) in [6.07, 6.45) is 1.57. The van der Waals surface area contributed by atoms with Crippen molar-refractivity contribution in [3.8, 4) is 23.1 Å². The van der Waals surface area contributed by atoms with Crippen molar-refractivity contribution in [3.05, 3.63) is 87.1 Å². The maximum atomic E-state index is 13.5. The number of benzene rings is 3. The first-order chi connectivity index (χ1) is 17.4. The summed E-state index contributed by atoms with van der Waals surface area (Å²) in [6.45, 7) is 6.30. The van der Waals surface area contributed by atoms with Crippen LogP contribution in [0.15, 0.2) is 85.5 Å². The smallest absolute Gasteiger partial charge is 0.282 e. The van der Waals surface area contributed by atoms with Crippen molar-refractivity contribution in [2.75, 3.05) is 6.61 Å². The van der Waals surface area contributed by atoms with Crippen LogP contribution in [-0.4, -0.2) is 28.6 Å². The molecule has 0 saturated carbocycles. The molecular formula is C28H24BrN3O4. The summed E-state index contributed by atoms with van der Waals surface area (Å²) in [5, 5.41) is 5.92. The van der Waals surface area contributed by atoms with Crippen LogP contribution >= 0.6 is 15.9 Å². The molecule has 0 N–H and O–H groups in total. The maximum Gasteiger partial charge on any atom is 0.282 e. The monoisotopic (exact) mass is 545 g/mol. The highest BCUT2D eigenvalue weighted by Crippen LogP contribution is 2.37. The van der Waals surface area contributed by atoms with Gasteiger partial charge in [0.15, 0.2) is 17.3 Å². The van der Waals surface area contributed by atoms with E-state index in [0.717, 1.165) is 15.4 Å². The standard InChI is InChI=1S/C28H24BrN3O4/c1-4-34-24-14-18(13-21(29)26(24)35-17(2)3)16-30-32-27(25-15-19-9-5-8-12-23(19)36-25)31-22-11-7-6-10-20(22)28(32)33/h5-17H,4H2,1-3H3. The molecule has 5 aromatic rings. The second-order valence-corrected chi connectivity index (χ2v) is 9.25. The summed E-state index contributed by atoms with van der Waals surface area (Å²) in [7, 11) is 0. The summed E-state index contributed by atoms with van der Waals surface area (Å²) < 4.78 is 19.8. The van der Waals surface area contributed by atoms with Crippen LogP contribution in [-0.2, 0) is 0 Å². The Morgan fingerprint density at radius 3 is 2.67 bits per heavy atom. The van der Waals surface area contributed by atoms with Crippen molar-refractivity contribution in [2.45, 2.75) is 26.9 Å². The van der Waals surface area contributed by atoms with Crippen molar-refractivity contribution in [3.63, 3.8) is 0 Å². The summed E-state index contributed by atoms with van der Waals surface area (Å²) in [5.41, 5.74) is 1.70. The van der Waals surface area contributed by atoms with Crippen molar-refractivity contribution in [1.82, 2.24) is 9.66 Å². The molecule has 0 fully saturated rings. The average Bonchev–Trinajstić information content (AvgIpc) is 3.30. The van der Waals surface area contributed by atoms with Gasteiger partial charge in [-0.1, -0.05) is 30.3 Å². The number of nitrogens with zero attached hydrogens (tertiary/aromatic N) is 3. The SMILES string of the molecule is CCOc1cc(C=Nn2c(-c3cc4ccccc4o3)nc3ccccc3c2=O)cc(Br)c1OC(C)C. The van der Waals surface area contributed by atoms with E-state index < -0.39 is 0 Å². The molecule has 0 aliphatic rings. The molecule has 0 atom stereocenters. The minimum Gasteiger partial charge on any atom is -0.490 e. The van der Waals surface area contributed by atoms with Crippen LogP contribution in [0, 0.1) is 0 Å². The number of ether oxygens (including phenoxy) is 2. The molecule has 36 heavy (non-hydrogen) atoms. The maximum absolute atomic E-state index is 13.5. The minimum atomic E-state index is -0.295. The quantitative estimate of drug-likeness (QED) is 0.214. The molecule has 3 aromatic carbocycles. The van der Waals surface area contributed by atoms with Gasteiger partial charge in [0.25, 0.3) is 5.56 Å². The number of fused-ring (bicyclic) bond motifs is 2. The Kier molecular flexibility index (Phi) is 6.61. The lowest BCUT2D eigenvalue weighted by molar-refractivity contribution is 0.222. The van der Waals surface area contributed by atoms with Gasteiger partial charge in [0.05, 0.1) is 34.3 Å². The lowest BCUT2D eigenvalue weighted by Crippen LogP contribution is -2.20. The van der Waals surface area contributed by atoms with Gasteiger partial charge in [0, 0.05) is 5.39 Å². The minimum absolute atomic E-state index is 0.0198. The molecule has 8 heteroatoms. The van der Waals surface area contributed by atoms with Gasteiger partial charge in [0.2, 0.25) is 5.82 Å². The first kappa shape index (κ1) is 23.8. The molecule has 0 radical (unpaired) electrons. The molecule has 7 nitrogen and oxygen atoms in total. The lowest BCUT2D eigenvalue weighted by Gasteiger charge is -2.16. The Hall–Kier alpha value is -3.91. The fraction of sp³-hybridized carbons (Fsp3) is 0.179. The predicted molar refractivity (Wildman–Crippen MR) is 145 cm³/mol. The first-order valence-corrected chi connectivity index (χ1v) is 12.4. The number of halogens is 1. The van der Waals surface area contributed by atoms with Gasteiger partial charge in [-0.25, -0.2) is 4.98 Å². The summed E-state index contributed by atoms with van der Waals surface area (Å²) in [4.78, 5) is 18.2. The molecule has 5 rings (SSSR count). The largest absolute Gasteiger partial charge is 0.490 e. The van der Waals surface area contributed by atoms with Crippen LogP contribution in [0.4, 0.5) is 0 Å². The van der Waals surface area contributed by atoms with Crippen molar-refractivity contribution < 1.29 is 13.9 Å². The molecule has 0 amide bonds. The number of hydrogen-bond acceptors (Lipinski definition) is 6. The predicted octanol–water partition coefficient (Wildman–Crippen LogP) is 6.64. The molecule has 182 valence electrons. The molecule has 2 aromatic heterocycles. The third kappa shape index (κ3) is 4.64. The Bertz CT molecular complexity index is 1620. The van der Waals surface area contributed by atoms with E-state index in [-0.39, 0.29) is 11.7 Å². The van der Waals surface area contributed by atoms with E-state index in [1.54, 1.807) is 24.4 Å². The van der Waals surface area contributed by atoms with Gasteiger partial charge in [-0.3, -0.25) is 4.79 Å². The molecule has 0 spiro atoms. The second-order valence-electron chi connectivity index (χ2n) is 8.39. The summed E-state index contributed by atoms with van der Waals surface area (Å²) in [5.74, 6) is 1.98. The average molecular weight is 546 g/mol. The van der Waals surface area contributed by atoms with Crippen molar-refractivity contribution >= 4 is 44.0 Å². The van der Waals surface area contributed by atoms with Crippen LogP contribution in [0.25, 0.3) is 33.5 Å². The third-order valence-electron chi connectivity index (χ3n) is 5.41. The molecule has 0 unspecified atom stereocenters. The Morgan fingerprint density at radius 1 is 1.11 bits per heavy atom. The zero-order chi connectivity index (χ0) is 25.2. The summed E-state index contributed by atoms with van der Waals surface area (Å²) >= 11 is 3.58. The van der Waals surface area contributed by atoms with Crippen LogP contribution in [0.1, 0.15) is 26.3 Å². The number of furan rings is 1. The van der Waals surface area contributed by atoms with Crippen LogP contribution in [0.3, 0.4) is 0 Å². The Labute approximate surface area is 216 Å². The van der Waals surface area contributed by atoms with E-state index in [9.17, 15) is 4.79 Å². The highest BCUT2D eigenvalue weighted by Gasteiger charge is 2.17. The fourth-order valence-electron chi connectivity index (χ4n) is 3.88. The zero-order valence-corrected chi connectivity index (χ0v) is 21.7. The van der Waals surface area contributed by atoms with E-state index in [4.69, 9.17) is 18.9 Å². The van der Waals surface area contributed by atoms with E-state index in [1.807, 2.05) is 69.3 Å². The Balaban J connectivity index is 1.65. The van der Waals surface area contributed by atoms with Crippen LogP contribution < -0.4 is 15.0 Å². The highest BCUT2D eigenvalue weighted by atomic mass is 79.9. The van der Waals surface area contributed by atoms with Crippen molar-refractivity contribution in [2.24, 2.45) is 5.10 Å². The number of hydrogen-bond donors (Lipinski definition) is 0. The number of rotatable bonds is 7. The molecule has 0 aliphatic carbocycles. The normalized spacial score (nSPS) is 11.7. The van der Waals surface area contributed by atoms with Gasteiger partial charge in [-0.05, 0) is 78.7 Å². The van der Waals surface area contributed by atoms with Gasteiger partial charge >= 0.3 is 0 Å². The van der Waals surface area contributed by atoms with Gasteiger partial charge in [-0.15, -0.1) is 0 Å². The molecule has 2 heterocycles. The van der Waals surface area contributed by atoms with Gasteiger partial charge in [0.1, 0.15) is 5.58 Å². The molecule has 0 aliphatic heterocycles. The molecule has 0 saturated heterocycles. The lowest BCUT2D eigenvalue weighted by atomic mass is 10.2. The van der Waals surface area contributed by atoms with E-state index >= 15 is 0 Å². The molecular weight excluding hydrogens is 522 g/mol. The second kappa shape index (κ2) is 9.99. The van der Waals surface area contributed by atoms with Crippen LogP contribution in [0.2, 0.25) is 0 Å². The summed E-state index contributed by atoms with van der Waals surface area (Å²) in [6, 6.07) is 20.4. The van der Waals surface area contributed by atoms with Crippen LogP contribution in [0.5, 0.6) is 11.5 Å². The highest BCUT2D eigenvalue weighted by molar-refractivity contribution is 9.10. The van der Waals surface area contributed by atoms with E-state index in [0.29, 0.717) is 46.2 Å². The number of aromatic nitrogens is 2. The third-order valence-corrected chi connectivity index (χ3v) is 6.00. The van der Waals surface area contributed by atoms with Gasteiger partial charge < -0.3 is 13.9 Å². The van der Waals surface area contributed by atoms with Crippen molar-refractivity contribution in [1.29, 1.82) is 0 Å². The zero-order valence-electron chi connectivity index (χ0n) is 20.1. The van der Waals surface area contributed by atoms with E-state index in [2.05, 4.69) is 21.0 Å². The van der Waals surface area contributed by atoms with Gasteiger partial charge in [-0.2, -0.15) is 9.78 Å². The first-order valence-electron chi connectivity index (χ1n) is 11.6. The Morgan fingerprint density at radius 2 is 1.89 bits per heavy atom. The number of para-hydroxylation sites is 2.